The number of halogens is 1. The second kappa shape index (κ2) is 10.2. The van der Waals surface area contributed by atoms with Crippen LogP contribution in [-0.2, 0) is 9.59 Å². The normalized spacial score (nSPS) is 11.7. The number of rotatable bonds is 10. The van der Waals surface area contributed by atoms with Gasteiger partial charge in [-0.3, -0.25) is 4.79 Å². The summed E-state index contributed by atoms with van der Waals surface area (Å²) in [7, 11) is 0. The molecule has 1 atom stereocenters. The smallest absolute Gasteiger partial charge is 0.326 e. The number of ether oxygens (including phenoxy) is 1. The number of amides is 1. The number of carboxylic acids is 1. The summed E-state index contributed by atoms with van der Waals surface area (Å²) in [6, 6.07) is 6.78. The largest absolute Gasteiger partial charge is 0.494 e. The molecule has 0 aliphatic rings. The van der Waals surface area contributed by atoms with E-state index in [0.717, 1.165) is 23.1 Å². The maximum Gasteiger partial charge on any atom is 0.326 e. The zero-order chi connectivity index (χ0) is 16.4. The Kier molecular flexibility index (Phi) is 8.58. The van der Waals surface area contributed by atoms with Crippen LogP contribution in [-0.4, -0.2) is 29.6 Å². The first-order valence-electron chi connectivity index (χ1n) is 7.43. The van der Waals surface area contributed by atoms with Gasteiger partial charge in [0.05, 0.1) is 6.61 Å². The second-order valence-corrected chi connectivity index (χ2v) is 5.92. The van der Waals surface area contributed by atoms with E-state index in [1.165, 1.54) is 0 Å². The van der Waals surface area contributed by atoms with Gasteiger partial charge in [0.15, 0.2) is 0 Å². The van der Waals surface area contributed by atoms with Crippen LogP contribution in [0.4, 0.5) is 0 Å². The van der Waals surface area contributed by atoms with Crippen molar-refractivity contribution in [3.63, 3.8) is 0 Å². The number of benzene rings is 1. The molecule has 0 bridgehead atoms. The molecule has 0 aliphatic carbocycles. The van der Waals surface area contributed by atoms with Crippen LogP contribution in [0.3, 0.4) is 0 Å². The summed E-state index contributed by atoms with van der Waals surface area (Å²) in [5, 5.41) is 11.5. The number of hydrogen-bond acceptors (Lipinski definition) is 3. The van der Waals surface area contributed by atoms with Gasteiger partial charge in [0, 0.05) is 10.9 Å². The molecule has 6 heteroatoms. The van der Waals surface area contributed by atoms with Crippen molar-refractivity contribution in [3.05, 3.63) is 28.7 Å². The maximum atomic E-state index is 11.7. The van der Waals surface area contributed by atoms with E-state index in [9.17, 15) is 9.59 Å². The predicted molar refractivity (Wildman–Crippen MR) is 88.0 cm³/mol. The summed E-state index contributed by atoms with van der Waals surface area (Å²) in [4.78, 5) is 22.6. The highest BCUT2D eigenvalue weighted by Gasteiger charge is 2.18. The highest BCUT2D eigenvalue weighted by molar-refractivity contribution is 9.10. The number of carbonyl (C=O) groups is 2. The van der Waals surface area contributed by atoms with Crippen LogP contribution in [0.1, 0.15) is 39.0 Å². The Bertz CT molecular complexity index is 476. The molecule has 5 nitrogen and oxygen atoms in total. The molecule has 0 aliphatic heterocycles. The molecule has 22 heavy (non-hydrogen) atoms. The first-order valence-corrected chi connectivity index (χ1v) is 8.22. The van der Waals surface area contributed by atoms with Crippen LogP contribution < -0.4 is 10.1 Å². The SMILES string of the molecule is CCCC(NC(=O)CCCCOc1ccc(Br)cc1)C(=O)O. The van der Waals surface area contributed by atoms with E-state index in [1.807, 2.05) is 31.2 Å². The van der Waals surface area contributed by atoms with Crippen LogP contribution >= 0.6 is 15.9 Å². The zero-order valence-corrected chi connectivity index (χ0v) is 14.3. The molecule has 2 N–H and O–H groups in total. The van der Waals surface area contributed by atoms with E-state index in [1.54, 1.807) is 0 Å². The minimum Gasteiger partial charge on any atom is -0.494 e. The average molecular weight is 372 g/mol. The molecule has 1 aromatic rings. The molecule has 0 fully saturated rings. The zero-order valence-electron chi connectivity index (χ0n) is 12.7. The molecule has 0 radical (unpaired) electrons. The van der Waals surface area contributed by atoms with Gasteiger partial charge in [-0.15, -0.1) is 0 Å². The van der Waals surface area contributed by atoms with Crippen LogP contribution in [0.25, 0.3) is 0 Å². The van der Waals surface area contributed by atoms with Crippen LogP contribution in [0.2, 0.25) is 0 Å². The van der Waals surface area contributed by atoms with Crippen LogP contribution in [0.15, 0.2) is 28.7 Å². The monoisotopic (exact) mass is 371 g/mol. The molecule has 0 heterocycles. The molecule has 1 amide bonds. The van der Waals surface area contributed by atoms with Gasteiger partial charge in [-0.1, -0.05) is 29.3 Å². The summed E-state index contributed by atoms with van der Waals surface area (Å²) < 4.78 is 6.55. The van der Waals surface area contributed by atoms with Gasteiger partial charge < -0.3 is 15.2 Å². The molecular weight excluding hydrogens is 350 g/mol. The van der Waals surface area contributed by atoms with Crippen molar-refractivity contribution in [1.82, 2.24) is 5.32 Å². The van der Waals surface area contributed by atoms with Crippen molar-refractivity contribution < 1.29 is 19.4 Å². The summed E-state index contributed by atoms with van der Waals surface area (Å²) in [6.45, 7) is 2.42. The topological polar surface area (TPSA) is 75.6 Å². The van der Waals surface area contributed by atoms with Gasteiger partial charge >= 0.3 is 5.97 Å². The standard InChI is InChI=1S/C16H22BrNO4/c1-2-5-14(16(20)21)18-15(19)6-3-4-11-22-13-9-7-12(17)8-10-13/h7-10,14H,2-6,11H2,1H3,(H,18,19)(H,20,21). The van der Waals surface area contributed by atoms with E-state index >= 15 is 0 Å². The molecule has 1 unspecified atom stereocenters. The summed E-state index contributed by atoms with van der Waals surface area (Å²) >= 11 is 3.35. The molecule has 1 rings (SSSR count). The Morgan fingerprint density at radius 1 is 1.27 bits per heavy atom. The molecule has 0 saturated heterocycles. The number of aliphatic carboxylic acids is 1. The van der Waals surface area contributed by atoms with Crippen LogP contribution in [0.5, 0.6) is 5.75 Å². The minimum atomic E-state index is -0.978. The lowest BCUT2D eigenvalue weighted by Crippen LogP contribution is -2.40. The third-order valence-electron chi connectivity index (χ3n) is 3.09. The highest BCUT2D eigenvalue weighted by Crippen LogP contribution is 2.16. The Morgan fingerprint density at radius 2 is 1.95 bits per heavy atom. The number of nitrogens with one attached hydrogen (secondary N) is 1. The minimum absolute atomic E-state index is 0.218. The first kappa shape index (κ1) is 18.5. The Morgan fingerprint density at radius 3 is 2.55 bits per heavy atom. The van der Waals surface area contributed by atoms with Crippen molar-refractivity contribution in [2.24, 2.45) is 0 Å². The Labute approximate surface area is 139 Å². The van der Waals surface area contributed by atoms with Crippen molar-refractivity contribution in [2.75, 3.05) is 6.61 Å². The highest BCUT2D eigenvalue weighted by atomic mass is 79.9. The second-order valence-electron chi connectivity index (χ2n) is 5.01. The summed E-state index contributed by atoms with van der Waals surface area (Å²) in [6.07, 6.45) is 2.90. The fourth-order valence-electron chi connectivity index (χ4n) is 1.92. The van der Waals surface area contributed by atoms with Gasteiger partial charge in [-0.25, -0.2) is 4.79 Å². The summed E-state index contributed by atoms with van der Waals surface area (Å²) in [5.41, 5.74) is 0. The number of carboxylic acid groups (broad SMARTS) is 1. The van der Waals surface area contributed by atoms with E-state index in [2.05, 4.69) is 21.2 Å². The van der Waals surface area contributed by atoms with Gasteiger partial charge in [0.2, 0.25) is 5.91 Å². The number of hydrogen-bond donors (Lipinski definition) is 2. The first-order chi connectivity index (χ1) is 10.5. The van der Waals surface area contributed by atoms with Crippen LogP contribution in [0, 0.1) is 0 Å². The molecule has 0 saturated carbocycles. The van der Waals surface area contributed by atoms with Crippen molar-refractivity contribution >= 4 is 27.8 Å². The lowest BCUT2D eigenvalue weighted by Gasteiger charge is -2.13. The van der Waals surface area contributed by atoms with E-state index in [0.29, 0.717) is 25.9 Å². The third kappa shape index (κ3) is 7.45. The Balaban J connectivity index is 2.16. The Hall–Kier alpha value is -1.56. The lowest BCUT2D eigenvalue weighted by atomic mass is 10.1. The van der Waals surface area contributed by atoms with Gasteiger partial charge in [0.25, 0.3) is 0 Å². The quantitative estimate of drug-likeness (QED) is 0.618. The van der Waals surface area contributed by atoms with Gasteiger partial charge in [-0.2, -0.15) is 0 Å². The van der Waals surface area contributed by atoms with Crippen molar-refractivity contribution in [2.45, 2.75) is 45.1 Å². The number of unbranched alkanes of at least 4 members (excludes halogenated alkanes) is 1. The van der Waals surface area contributed by atoms with E-state index < -0.39 is 12.0 Å². The van der Waals surface area contributed by atoms with Gasteiger partial charge in [0.1, 0.15) is 11.8 Å². The van der Waals surface area contributed by atoms with Gasteiger partial charge in [-0.05, 0) is 43.5 Å². The molecular formula is C16H22BrNO4. The lowest BCUT2D eigenvalue weighted by molar-refractivity contribution is -0.142. The van der Waals surface area contributed by atoms with E-state index in [4.69, 9.17) is 9.84 Å². The number of carbonyl (C=O) groups excluding carboxylic acids is 1. The fourth-order valence-corrected chi connectivity index (χ4v) is 2.19. The predicted octanol–water partition coefficient (Wildman–Crippen LogP) is 3.37. The summed E-state index contributed by atoms with van der Waals surface area (Å²) in [5.74, 6) is -0.403. The third-order valence-corrected chi connectivity index (χ3v) is 3.62. The fraction of sp³-hybridized carbons (Fsp3) is 0.500. The molecule has 0 aromatic heterocycles. The molecule has 1 aromatic carbocycles. The van der Waals surface area contributed by atoms with Crippen molar-refractivity contribution in [1.29, 1.82) is 0 Å². The van der Waals surface area contributed by atoms with Crippen molar-refractivity contribution in [3.8, 4) is 5.75 Å². The molecule has 0 spiro atoms. The maximum absolute atomic E-state index is 11.7. The average Bonchev–Trinajstić information content (AvgIpc) is 2.48. The molecule has 122 valence electrons. The van der Waals surface area contributed by atoms with E-state index in [-0.39, 0.29) is 5.91 Å².